The van der Waals surface area contributed by atoms with E-state index in [1.165, 1.54) is 0 Å². The molecule has 1 aliphatic carbocycles. The van der Waals surface area contributed by atoms with Crippen LogP contribution in [0.1, 0.15) is 52.0 Å². The molecule has 1 aromatic rings. The van der Waals surface area contributed by atoms with Crippen LogP contribution in [-0.2, 0) is 11.3 Å². The van der Waals surface area contributed by atoms with E-state index in [1.807, 2.05) is 45.0 Å². The molecule has 1 saturated carbocycles. The fourth-order valence-electron chi connectivity index (χ4n) is 3.11. The van der Waals surface area contributed by atoms with Gasteiger partial charge in [-0.1, -0.05) is 31.0 Å². The highest BCUT2D eigenvalue weighted by Gasteiger charge is 2.37. The summed E-state index contributed by atoms with van der Waals surface area (Å²) in [6, 6.07) is 7.83. The smallest absolute Gasteiger partial charge is 0.225 e. The van der Waals surface area contributed by atoms with Gasteiger partial charge in [0, 0.05) is 17.6 Å². The Hall–Kier alpha value is -1.55. The van der Waals surface area contributed by atoms with Gasteiger partial charge in [0.05, 0.1) is 12.0 Å². The molecule has 0 aliphatic heterocycles. The Kier molecular flexibility index (Phi) is 5.46. The van der Waals surface area contributed by atoms with Crippen LogP contribution in [0.5, 0.6) is 5.75 Å². The number of hydrogen-bond acceptors (Lipinski definition) is 3. The average Bonchev–Trinajstić information content (AvgIpc) is 2.45. The van der Waals surface area contributed by atoms with Gasteiger partial charge in [0.1, 0.15) is 5.75 Å². The van der Waals surface area contributed by atoms with Crippen LogP contribution in [0, 0.1) is 5.92 Å². The minimum atomic E-state index is -0.393. The Morgan fingerprint density at radius 3 is 2.82 bits per heavy atom. The SMILES string of the molecule is CC(C)Oc1ccccc1CNC(=O)C1CCCCC1(C)N. The maximum absolute atomic E-state index is 12.5. The Balaban J connectivity index is 1.99. The standard InChI is InChI=1S/C18H28N2O2/c1-13(2)22-16-10-5-4-8-14(16)12-20-17(21)15-9-6-7-11-18(15,3)19/h4-5,8,10,13,15H,6-7,9,11-12,19H2,1-3H3,(H,20,21). The van der Waals surface area contributed by atoms with Crippen molar-refractivity contribution in [2.75, 3.05) is 0 Å². The number of benzene rings is 1. The minimum absolute atomic E-state index is 0.0593. The van der Waals surface area contributed by atoms with E-state index >= 15 is 0 Å². The van der Waals surface area contributed by atoms with E-state index in [4.69, 9.17) is 10.5 Å². The molecule has 22 heavy (non-hydrogen) atoms. The summed E-state index contributed by atoms with van der Waals surface area (Å²) < 4.78 is 5.79. The van der Waals surface area contributed by atoms with Gasteiger partial charge >= 0.3 is 0 Å². The molecule has 1 amide bonds. The lowest BCUT2D eigenvalue weighted by molar-refractivity contribution is -0.128. The Bertz CT molecular complexity index is 512. The van der Waals surface area contributed by atoms with E-state index in [2.05, 4.69) is 5.32 Å². The lowest BCUT2D eigenvalue weighted by Gasteiger charge is -2.37. The number of nitrogens with one attached hydrogen (secondary N) is 1. The Morgan fingerprint density at radius 1 is 1.41 bits per heavy atom. The number of carbonyl (C=O) groups excluding carboxylic acids is 1. The molecule has 3 N–H and O–H groups in total. The predicted molar refractivity (Wildman–Crippen MR) is 88.6 cm³/mol. The van der Waals surface area contributed by atoms with Crippen molar-refractivity contribution in [3.63, 3.8) is 0 Å². The number of para-hydroxylation sites is 1. The maximum atomic E-state index is 12.5. The largest absolute Gasteiger partial charge is 0.491 e. The third-order valence-electron chi connectivity index (χ3n) is 4.36. The molecule has 0 heterocycles. The highest BCUT2D eigenvalue weighted by molar-refractivity contribution is 5.80. The summed E-state index contributed by atoms with van der Waals surface area (Å²) in [4.78, 5) is 12.5. The van der Waals surface area contributed by atoms with Crippen LogP contribution in [0.3, 0.4) is 0 Å². The molecular formula is C18H28N2O2. The number of amides is 1. The van der Waals surface area contributed by atoms with Gasteiger partial charge in [0.2, 0.25) is 5.91 Å². The third kappa shape index (κ3) is 4.23. The molecule has 2 atom stereocenters. The van der Waals surface area contributed by atoms with Gasteiger partial charge in [0.15, 0.2) is 0 Å². The van der Waals surface area contributed by atoms with Gasteiger partial charge in [-0.2, -0.15) is 0 Å². The Morgan fingerprint density at radius 2 is 2.14 bits per heavy atom. The zero-order valence-corrected chi connectivity index (χ0v) is 13.9. The summed E-state index contributed by atoms with van der Waals surface area (Å²) in [7, 11) is 0. The summed E-state index contributed by atoms with van der Waals surface area (Å²) in [5.74, 6) is 0.792. The molecule has 2 unspecified atom stereocenters. The molecule has 0 aromatic heterocycles. The third-order valence-corrected chi connectivity index (χ3v) is 4.36. The second-order valence-electron chi connectivity index (χ2n) is 6.80. The highest BCUT2D eigenvalue weighted by atomic mass is 16.5. The summed E-state index contributed by atoms with van der Waals surface area (Å²) in [5, 5.41) is 3.04. The van der Waals surface area contributed by atoms with Crippen LogP contribution in [0.15, 0.2) is 24.3 Å². The molecule has 2 rings (SSSR count). The zero-order chi connectivity index (χ0) is 16.2. The van der Waals surface area contributed by atoms with Crippen LogP contribution in [0.2, 0.25) is 0 Å². The number of rotatable bonds is 5. The molecule has 1 fully saturated rings. The second-order valence-corrected chi connectivity index (χ2v) is 6.80. The van der Waals surface area contributed by atoms with Gasteiger partial charge in [-0.3, -0.25) is 4.79 Å². The first-order valence-electron chi connectivity index (χ1n) is 8.21. The number of nitrogens with two attached hydrogens (primary N) is 1. The summed E-state index contributed by atoms with van der Waals surface area (Å²) >= 11 is 0. The summed E-state index contributed by atoms with van der Waals surface area (Å²) in [6.45, 7) is 6.47. The Labute approximate surface area is 133 Å². The van der Waals surface area contributed by atoms with Gasteiger partial charge in [-0.25, -0.2) is 0 Å². The van der Waals surface area contributed by atoms with E-state index in [0.29, 0.717) is 6.54 Å². The lowest BCUT2D eigenvalue weighted by atomic mass is 9.74. The fourth-order valence-corrected chi connectivity index (χ4v) is 3.11. The zero-order valence-electron chi connectivity index (χ0n) is 13.9. The van der Waals surface area contributed by atoms with E-state index < -0.39 is 5.54 Å². The van der Waals surface area contributed by atoms with Crippen molar-refractivity contribution in [2.45, 2.75) is 64.6 Å². The first-order chi connectivity index (χ1) is 10.4. The van der Waals surface area contributed by atoms with Crippen molar-refractivity contribution < 1.29 is 9.53 Å². The molecular weight excluding hydrogens is 276 g/mol. The summed E-state index contributed by atoms with van der Waals surface area (Å²) in [5.41, 5.74) is 6.91. The van der Waals surface area contributed by atoms with Gasteiger partial charge in [-0.05, 0) is 39.7 Å². The highest BCUT2D eigenvalue weighted by Crippen LogP contribution is 2.31. The molecule has 0 spiro atoms. The van der Waals surface area contributed by atoms with Crippen molar-refractivity contribution in [3.05, 3.63) is 29.8 Å². The minimum Gasteiger partial charge on any atom is -0.491 e. The predicted octanol–water partition coefficient (Wildman–Crippen LogP) is 3.00. The van der Waals surface area contributed by atoms with E-state index in [0.717, 1.165) is 37.0 Å². The number of ether oxygens (including phenoxy) is 1. The van der Waals surface area contributed by atoms with Crippen molar-refractivity contribution in [2.24, 2.45) is 11.7 Å². The van der Waals surface area contributed by atoms with E-state index in [-0.39, 0.29) is 17.9 Å². The van der Waals surface area contributed by atoms with Crippen LogP contribution in [-0.4, -0.2) is 17.6 Å². The summed E-state index contributed by atoms with van der Waals surface area (Å²) in [6.07, 6.45) is 4.10. The van der Waals surface area contributed by atoms with Gasteiger partial charge in [-0.15, -0.1) is 0 Å². The van der Waals surface area contributed by atoms with Crippen molar-refractivity contribution in [3.8, 4) is 5.75 Å². The molecule has 1 aromatic carbocycles. The van der Waals surface area contributed by atoms with Crippen LogP contribution >= 0.6 is 0 Å². The maximum Gasteiger partial charge on any atom is 0.225 e. The molecule has 4 heteroatoms. The van der Waals surface area contributed by atoms with Crippen molar-refractivity contribution >= 4 is 5.91 Å². The number of hydrogen-bond donors (Lipinski definition) is 2. The van der Waals surface area contributed by atoms with E-state index in [9.17, 15) is 4.79 Å². The molecule has 122 valence electrons. The van der Waals surface area contributed by atoms with E-state index in [1.54, 1.807) is 0 Å². The quantitative estimate of drug-likeness (QED) is 0.879. The normalized spacial score (nSPS) is 25.0. The van der Waals surface area contributed by atoms with Crippen LogP contribution in [0.25, 0.3) is 0 Å². The fraction of sp³-hybridized carbons (Fsp3) is 0.611. The molecule has 4 nitrogen and oxygen atoms in total. The van der Waals surface area contributed by atoms with Crippen molar-refractivity contribution in [1.82, 2.24) is 5.32 Å². The number of carbonyl (C=O) groups is 1. The molecule has 0 bridgehead atoms. The monoisotopic (exact) mass is 304 g/mol. The second kappa shape index (κ2) is 7.14. The lowest BCUT2D eigenvalue weighted by Crippen LogP contribution is -2.52. The van der Waals surface area contributed by atoms with Crippen LogP contribution < -0.4 is 15.8 Å². The van der Waals surface area contributed by atoms with Gasteiger partial charge < -0.3 is 15.8 Å². The molecule has 0 radical (unpaired) electrons. The first kappa shape index (κ1) is 16.8. The molecule has 0 saturated heterocycles. The van der Waals surface area contributed by atoms with Gasteiger partial charge in [0.25, 0.3) is 0 Å². The first-order valence-corrected chi connectivity index (χ1v) is 8.21. The van der Waals surface area contributed by atoms with Crippen LogP contribution in [0.4, 0.5) is 0 Å². The average molecular weight is 304 g/mol. The molecule has 1 aliphatic rings. The topological polar surface area (TPSA) is 64.3 Å². The van der Waals surface area contributed by atoms with Crippen molar-refractivity contribution in [1.29, 1.82) is 0 Å².